The second kappa shape index (κ2) is 6.95. The molecule has 130 valence electrons. The molecule has 2 aromatic carbocycles. The summed E-state index contributed by atoms with van der Waals surface area (Å²) in [6, 6.07) is 5.27. The Hall–Kier alpha value is -2.49. The zero-order valence-corrected chi connectivity index (χ0v) is 12.9. The Morgan fingerprint density at radius 1 is 1.04 bits per heavy atom. The minimum absolute atomic E-state index is 0.0498. The molecule has 0 atom stereocenters. The smallest absolute Gasteiger partial charge is 0.387 e. The number of sulfonamides is 1. The van der Waals surface area contributed by atoms with Gasteiger partial charge < -0.3 is 9.47 Å². The molecule has 0 aliphatic carbocycles. The second-order valence-corrected chi connectivity index (χ2v) is 6.08. The van der Waals surface area contributed by atoms with Gasteiger partial charge >= 0.3 is 6.61 Å². The number of rotatable bonds is 6. The fraction of sp³-hybridized carbons (Fsp3) is 0.143. The van der Waals surface area contributed by atoms with Gasteiger partial charge in [-0.2, -0.15) is 8.78 Å². The molecule has 0 aromatic heterocycles. The molecule has 0 radical (unpaired) electrons. The first-order valence-electron chi connectivity index (χ1n) is 6.33. The largest absolute Gasteiger partial charge is 0.493 e. The Morgan fingerprint density at radius 2 is 1.75 bits per heavy atom. The molecular weight excluding hydrogens is 354 g/mol. The topological polar surface area (TPSA) is 64.6 Å². The van der Waals surface area contributed by atoms with Gasteiger partial charge in [0.25, 0.3) is 10.0 Å². The van der Waals surface area contributed by atoms with Crippen LogP contribution in [-0.2, 0) is 10.0 Å². The third kappa shape index (κ3) is 4.07. The molecule has 0 aliphatic heterocycles. The van der Waals surface area contributed by atoms with Crippen LogP contribution in [0.4, 0.5) is 23.2 Å². The second-order valence-electron chi connectivity index (χ2n) is 4.42. The van der Waals surface area contributed by atoms with Crippen LogP contribution in [0.25, 0.3) is 0 Å². The number of hydrogen-bond acceptors (Lipinski definition) is 4. The molecule has 0 spiro atoms. The maximum Gasteiger partial charge on any atom is 0.387 e. The van der Waals surface area contributed by atoms with Crippen LogP contribution >= 0.6 is 0 Å². The predicted octanol–water partition coefficient (Wildman–Crippen LogP) is 3.38. The summed E-state index contributed by atoms with van der Waals surface area (Å²) in [6.45, 7) is -3.15. The fourth-order valence-corrected chi connectivity index (χ4v) is 2.94. The van der Waals surface area contributed by atoms with E-state index in [4.69, 9.17) is 4.74 Å². The summed E-state index contributed by atoms with van der Waals surface area (Å²) in [5.41, 5.74) is -0.171. The van der Waals surface area contributed by atoms with E-state index in [1.165, 1.54) is 19.2 Å². The fourth-order valence-electron chi connectivity index (χ4n) is 1.83. The molecule has 1 N–H and O–H groups in total. The van der Waals surface area contributed by atoms with E-state index >= 15 is 0 Å². The molecule has 0 fully saturated rings. The van der Waals surface area contributed by atoms with Gasteiger partial charge in [-0.15, -0.1) is 0 Å². The highest BCUT2D eigenvalue weighted by molar-refractivity contribution is 7.92. The van der Waals surface area contributed by atoms with Crippen molar-refractivity contribution in [2.45, 2.75) is 11.5 Å². The first kappa shape index (κ1) is 17.9. The standard InChI is InChI=1S/C14H11F4NO4S/c1-22-11-4-3-9(7-12(11)23-14(17)18)19-24(20,21)13-5-2-8(15)6-10(13)16/h2-7,14,19H,1H3. The lowest BCUT2D eigenvalue weighted by Gasteiger charge is -2.13. The molecule has 24 heavy (non-hydrogen) atoms. The zero-order chi connectivity index (χ0) is 17.9. The number of alkyl halides is 2. The molecule has 10 heteroatoms. The summed E-state index contributed by atoms with van der Waals surface area (Å²) in [6.07, 6.45) is 0. The van der Waals surface area contributed by atoms with Gasteiger partial charge in [-0.25, -0.2) is 17.2 Å². The summed E-state index contributed by atoms with van der Waals surface area (Å²) in [4.78, 5) is -0.795. The molecular formula is C14H11F4NO4S. The minimum atomic E-state index is -4.40. The van der Waals surface area contributed by atoms with Gasteiger partial charge in [0, 0.05) is 12.1 Å². The van der Waals surface area contributed by atoms with Crippen molar-refractivity contribution in [2.75, 3.05) is 11.8 Å². The maximum atomic E-state index is 13.6. The van der Waals surface area contributed by atoms with Crippen LogP contribution in [0.2, 0.25) is 0 Å². The molecule has 0 aliphatic rings. The molecule has 0 amide bonds. The molecule has 0 bridgehead atoms. The lowest BCUT2D eigenvalue weighted by atomic mass is 10.3. The number of anilines is 1. The Labute approximate surface area is 134 Å². The SMILES string of the molecule is COc1ccc(NS(=O)(=O)c2ccc(F)cc2F)cc1OC(F)F. The van der Waals surface area contributed by atoms with Crippen molar-refractivity contribution in [3.63, 3.8) is 0 Å². The number of methoxy groups -OCH3 is 1. The molecule has 2 rings (SSSR count). The number of halogens is 4. The van der Waals surface area contributed by atoms with Gasteiger partial charge in [0.05, 0.1) is 12.8 Å². The molecule has 0 saturated carbocycles. The van der Waals surface area contributed by atoms with Gasteiger partial charge in [-0.1, -0.05) is 0 Å². The number of benzene rings is 2. The van der Waals surface area contributed by atoms with Crippen LogP contribution in [0.1, 0.15) is 0 Å². The summed E-state index contributed by atoms with van der Waals surface area (Å²) in [7, 11) is -3.19. The Bertz CT molecular complexity index is 843. The third-order valence-electron chi connectivity index (χ3n) is 2.82. The van der Waals surface area contributed by atoms with Crippen LogP contribution in [-0.4, -0.2) is 22.1 Å². The van der Waals surface area contributed by atoms with Crippen LogP contribution in [0.3, 0.4) is 0 Å². The van der Waals surface area contributed by atoms with E-state index in [1.807, 2.05) is 4.72 Å². The van der Waals surface area contributed by atoms with Crippen molar-refractivity contribution in [3.8, 4) is 11.5 Å². The van der Waals surface area contributed by atoms with Crippen molar-refractivity contribution in [1.29, 1.82) is 0 Å². The normalized spacial score (nSPS) is 11.4. The zero-order valence-electron chi connectivity index (χ0n) is 12.1. The first-order valence-corrected chi connectivity index (χ1v) is 7.82. The number of ether oxygens (including phenoxy) is 2. The van der Waals surface area contributed by atoms with Crippen LogP contribution < -0.4 is 14.2 Å². The van der Waals surface area contributed by atoms with Crippen molar-refractivity contribution >= 4 is 15.7 Å². The van der Waals surface area contributed by atoms with Gasteiger partial charge in [-0.05, 0) is 24.3 Å². The monoisotopic (exact) mass is 365 g/mol. The number of nitrogens with one attached hydrogen (secondary N) is 1. The molecule has 0 heterocycles. The predicted molar refractivity (Wildman–Crippen MR) is 76.8 cm³/mol. The third-order valence-corrected chi connectivity index (χ3v) is 4.23. The van der Waals surface area contributed by atoms with E-state index in [1.54, 1.807) is 0 Å². The van der Waals surface area contributed by atoms with Crippen molar-refractivity contribution < 1.29 is 35.5 Å². The van der Waals surface area contributed by atoms with Gasteiger partial charge in [0.15, 0.2) is 11.5 Å². The molecule has 2 aromatic rings. The quantitative estimate of drug-likeness (QED) is 0.797. The van der Waals surface area contributed by atoms with E-state index in [0.29, 0.717) is 6.07 Å². The lowest BCUT2D eigenvalue weighted by Crippen LogP contribution is -2.15. The molecule has 5 nitrogen and oxygen atoms in total. The molecule has 0 saturated heterocycles. The van der Waals surface area contributed by atoms with Crippen LogP contribution in [0.15, 0.2) is 41.3 Å². The lowest BCUT2D eigenvalue weighted by molar-refractivity contribution is -0.0511. The van der Waals surface area contributed by atoms with Crippen molar-refractivity contribution in [3.05, 3.63) is 48.0 Å². The van der Waals surface area contributed by atoms with Gasteiger partial charge in [0.1, 0.15) is 16.5 Å². The average molecular weight is 365 g/mol. The van der Waals surface area contributed by atoms with Crippen molar-refractivity contribution in [2.24, 2.45) is 0 Å². The van der Waals surface area contributed by atoms with Crippen molar-refractivity contribution in [1.82, 2.24) is 0 Å². The highest BCUT2D eigenvalue weighted by Gasteiger charge is 2.21. The first-order chi connectivity index (χ1) is 11.2. The van der Waals surface area contributed by atoms with Crippen LogP contribution in [0, 0.1) is 11.6 Å². The Morgan fingerprint density at radius 3 is 2.33 bits per heavy atom. The maximum absolute atomic E-state index is 13.6. The summed E-state index contributed by atoms with van der Waals surface area (Å²) < 4.78 is 86.5. The highest BCUT2D eigenvalue weighted by Crippen LogP contribution is 2.32. The Kier molecular flexibility index (Phi) is 5.17. The van der Waals surface area contributed by atoms with E-state index in [2.05, 4.69) is 4.74 Å². The molecule has 0 unspecified atom stereocenters. The van der Waals surface area contributed by atoms with E-state index in [9.17, 15) is 26.0 Å². The van der Waals surface area contributed by atoms with Gasteiger partial charge in [-0.3, -0.25) is 4.72 Å². The summed E-state index contributed by atoms with van der Waals surface area (Å²) in [5.74, 6) is -2.69. The average Bonchev–Trinajstić information content (AvgIpc) is 2.46. The van der Waals surface area contributed by atoms with E-state index in [-0.39, 0.29) is 11.4 Å². The number of hydrogen-bond donors (Lipinski definition) is 1. The Balaban J connectivity index is 2.35. The summed E-state index contributed by atoms with van der Waals surface area (Å²) in [5, 5.41) is 0. The minimum Gasteiger partial charge on any atom is -0.493 e. The van der Waals surface area contributed by atoms with E-state index < -0.39 is 38.9 Å². The van der Waals surface area contributed by atoms with Gasteiger partial charge in [0.2, 0.25) is 0 Å². The summed E-state index contributed by atoms with van der Waals surface area (Å²) >= 11 is 0. The van der Waals surface area contributed by atoms with E-state index in [0.717, 1.165) is 18.2 Å². The highest BCUT2D eigenvalue weighted by atomic mass is 32.2. The van der Waals surface area contributed by atoms with Crippen LogP contribution in [0.5, 0.6) is 11.5 Å².